The fourth-order valence-electron chi connectivity index (χ4n) is 2.53. The van der Waals surface area contributed by atoms with Crippen LogP contribution in [0.3, 0.4) is 0 Å². The maximum atomic E-state index is 12.6. The largest absolute Gasteiger partial charge is 0.383 e. The maximum absolute atomic E-state index is 12.6. The molecular weight excluding hydrogens is 302 g/mol. The Bertz CT molecular complexity index is 863. The summed E-state index contributed by atoms with van der Waals surface area (Å²) in [5.41, 5.74) is 3.89. The van der Waals surface area contributed by atoms with Gasteiger partial charge in [-0.15, -0.1) is 0 Å². The summed E-state index contributed by atoms with van der Waals surface area (Å²) in [5, 5.41) is 3.72. The minimum atomic E-state index is -0.137. The molecule has 24 heavy (non-hydrogen) atoms. The van der Waals surface area contributed by atoms with Crippen LogP contribution in [0.4, 0.5) is 0 Å². The molecule has 0 saturated carbocycles. The highest BCUT2D eigenvalue weighted by molar-refractivity contribution is 6.07. The van der Waals surface area contributed by atoms with Crippen molar-refractivity contribution in [1.82, 2.24) is 15.3 Å². The zero-order valence-electron chi connectivity index (χ0n) is 13.7. The smallest absolute Gasteiger partial charge is 0.252 e. The molecule has 1 amide bonds. The van der Waals surface area contributed by atoms with Crippen LogP contribution in [0.5, 0.6) is 0 Å². The Morgan fingerprint density at radius 1 is 1.17 bits per heavy atom. The van der Waals surface area contributed by atoms with Gasteiger partial charge in [0.1, 0.15) is 0 Å². The predicted molar refractivity (Wildman–Crippen MR) is 93.9 cm³/mol. The fraction of sp³-hybridized carbons (Fsp3) is 0.211. The summed E-state index contributed by atoms with van der Waals surface area (Å²) in [7, 11) is 1.61. The number of fused-ring (bicyclic) bond motifs is 1. The second-order valence-electron chi connectivity index (χ2n) is 5.54. The highest BCUT2D eigenvalue weighted by atomic mass is 16.5. The zero-order valence-corrected chi connectivity index (χ0v) is 13.7. The van der Waals surface area contributed by atoms with Gasteiger partial charge in [0.15, 0.2) is 0 Å². The molecular formula is C19H19N3O2. The third-order valence-corrected chi connectivity index (χ3v) is 3.73. The van der Waals surface area contributed by atoms with Crippen molar-refractivity contribution in [2.45, 2.75) is 6.92 Å². The van der Waals surface area contributed by atoms with Gasteiger partial charge in [0, 0.05) is 25.2 Å². The molecule has 3 aromatic rings. The minimum absolute atomic E-state index is 0.137. The molecule has 1 N–H and O–H groups in total. The summed E-state index contributed by atoms with van der Waals surface area (Å²) >= 11 is 0. The molecule has 0 fully saturated rings. The van der Waals surface area contributed by atoms with Crippen molar-refractivity contribution >= 4 is 16.8 Å². The van der Waals surface area contributed by atoms with E-state index >= 15 is 0 Å². The molecule has 3 rings (SSSR count). The second-order valence-corrected chi connectivity index (χ2v) is 5.54. The number of hydrogen-bond acceptors (Lipinski definition) is 4. The van der Waals surface area contributed by atoms with Gasteiger partial charge in [0.2, 0.25) is 0 Å². The number of hydrogen-bond donors (Lipinski definition) is 1. The van der Waals surface area contributed by atoms with E-state index in [4.69, 9.17) is 4.74 Å². The zero-order chi connectivity index (χ0) is 16.9. The van der Waals surface area contributed by atoms with Crippen molar-refractivity contribution in [3.63, 3.8) is 0 Å². The Morgan fingerprint density at radius 3 is 2.79 bits per heavy atom. The molecule has 0 aliphatic rings. The molecule has 5 heteroatoms. The lowest BCUT2D eigenvalue weighted by Gasteiger charge is -2.11. The molecule has 0 saturated heterocycles. The number of benzene rings is 1. The van der Waals surface area contributed by atoms with E-state index in [1.54, 1.807) is 19.4 Å². The molecule has 0 radical (unpaired) electrons. The van der Waals surface area contributed by atoms with Crippen LogP contribution in [-0.4, -0.2) is 36.1 Å². The van der Waals surface area contributed by atoms with Gasteiger partial charge in [-0.05, 0) is 37.3 Å². The van der Waals surface area contributed by atoms with Crippen LogP contribution in [0, 0.1) is 6.92 Å². The molecule has 0 atom stereocenters. The third kappa shape index (κ3) is 3.41. The molecule has 0 aliphatic heterocycles. The van der Waals surface area contributed by atoms with Crippen LogP contribution in [0.2, 0.25) is 0 Å². The topological polar surface area (TPSA) is 64.1 Å². The first-order valence-electron chi connectivity index (χ1n) is 7.79. The molecule has 5 nitrogen and oxygen atoms in total. The van der Waals surface area contributed by atoms with E-state index in [9.17, 15) is 4.79 Å². The van der Waals surface area contributed by atoms with E-state index in [-0.39, 0.29) is 5.91 Å². The maximum Gasteiger partial charge on any atom is 0.252 e. The lowest BCUT2D eigenvalue weighted by atomic mass is 10.0. The minimum Gasteiger partial charge on any atom is -0.383 e. The molecule has 2 heterocycles. The van der Waals surface area contributed by atoms with Crippen LogP contribution in [0.15, 0.2) is 48.7 Å². The summed E-state index contributed by atoms with van der Waals surface area (Å²) in [4.78, 5) is 21.6. The number of methoxy groups -OCH3 is 1. The van der Waals surface area contributed by atoms with Gasteiger partial charge in [-0.25, -0.2) is 4.98 Å². The van der Waals surface area contributed by atoms with Crippen LogP contribution in [0.1, 0.15) is 15.9 Å². The second kappa shape index (κ2) is 7.19. The number of ether oxygens (including phenoxy) is 1. The van der Waals surface area contributed by atoms with E-state index in [1.165, 1.54) is 0 Å². The average molecular weight is 321 g/mol. The van der Waals surface area contributed by atoms with Crippen molar-refractivity contribution in [2.24, 2.45) is 0 Å². The van der Waals surface area contributed by atoms with Crippen LogP contribution in [0.25, 0.3) is 22.3 Å². The number of amides is 1. The summed E-state index contributed by atoms with van der Waals surface area (Å²) in [6, 6.07) is 13.3. The number of nitrogens with zero attached hydrogens (tertiary/aromatic N) is 2. The number of nitrogens with one attached hydrogen (secondary N) is 1. The lowest BCUT2D eigenvalue weighted by molar-refractivity contribution is 0.0938. The molecule has 0 unspecified atom stereocenters. The van der Waals surface area contributed by atoms with Gasteiger partial charge in [0.25, 0.3) is 5.91 Å². The Kier molecular flexibility index (Phi) is 4.82. The predicted octanol–water partition coefficient (Wildman–Crippen LogP) is 2.98. The summed E-state index contributed by atoms with van der Waals surface area (Å²) in [5.74, 6) is -0.137. The van der Waals surface area contributed by atoms with E-state index in [0.717, 1.165) is 22.2 Å². The third-order valence-electron chi connectivity index (χ3n) is 3.73. The number of aryl methyl sites for hydroxylation is 1. The highest BCUT2D eigenvalue weighted by Crippen LogP contribution is 2.24. The number of pyridine rings is 2. The number of carbonyl (C=O) groups excluding carboxylic acids is 1. The van der Waals surface area contributed by atoms with Crippen molar-refractivity contribution in [3.8, 4) is 11.4 Å². The van der Waals surface area contributed by atoms with E-state index in [0.29, 0.717) is 24.4 Å². The monoisotopic (exact) mass is 321 g/mol. The molecule has 1 aromatic carbocycles. The van der Waals surface area contributed by atoms with Gasteiger partial charge in [-0.2, -0.15) is 0 Å². The number of rotatable bonds is 5. The summed E-state index contributed by atoms with van der Waals surface area (Å²) in [6.45, 7) is 2.93. The van der Waals surface area contributed by atoms with Crippen molar-refractivity contribution < 1.29 is 9.53 Å². The average Bonchev–Trinajstić information content (AvgIpc) is 2.61. The molecule has 0 aliphatic carbocycles. The lowest BCUT2D eigenvalue weighted by Crippen LogP contribution is -2.27. The summed E-state index contributed by atoms with van der Waals surface area (Å²) < 4.78 is 4.99. The first-order chi connectivity index (χ1) is 11.7. The van der Waals surface area contributed by atoms with Gasteiger partial charge in [-0.3, -0.25) is 9.78 Å². The SMILES string of the molecule is COCCNC(=O)c1cc(-c2ccccn2)nc2ccc(C)cc12. The fourth-order valence-corrected chi connectivity index (χ4v) is 2.53. The van der Waals surface area contributed by atoms with Gasteiger partial charge >= 0.3 is 0 Å². The van der Waals surface area contributed by atoms with Crippen LogP contribution < -0.4 is 5.32 Å². The normalized spacial score (nSPS) is 10.8. The number of carbonyl (C=O) groups is 1. The van der Waals surface area contributed by atoms with E-state index in [1.807, 2.05) is 43.3 Å². The van der Waals surface area contributed by atoms with Crippen LogP contribution in [-0.2, 0) is 4.74 Å². The van der Waals surface area contributed by atoms with Crippen molar-refractivity contribution in [2.75, 3.05) is 20.3 Å². The molecule has 2 aromatic heterocycles. The first kappa shape index (κ1) is 16.1. The van der Waals surface area contributed by atoms with E-state index in [2.05, 4.69) is 15.3 Å². The Hall–Kier alpha value is -2.79. The summed E-state index contributed by atoms with van der Waals surface area (Å²) in [6.07, 6.45) is 1.72. The quantitative estimate of drug-likeness (QED) is 0.734. The van der Waals surface area contributed by atoms with Gasteiger partial charge in [0.05, 0.1) is 29.1 Å². The van der Waals surface area contributed by atoms with E-state index < -0.39 is 0 Å². The van der Waals surface area contributed by atoms with Crippen LogP contribution >= 0.6 is 0 Å². The Morgan fingerprint density at radius 2 is 2.04 bits per heavy atom. The standard InChI is InChI=1S/C19H19N3O2/c1-13-6-7-16-14(11-13)15(19(23)21-9-10-24-2)12-18(22-16)17-5-3-4-8-20-17/h3-8,11-12H,9-10H2,1-2H3,(H,21,23). The Labute approximate surface area is 140 Å². The Balaban J connectivity index is 2.10. The highest BCUT2D eigenvalue weighted by Gasteiger charge is 2.14. The van der Waals surface area contributed by atoms with Gasteiger partial charge < -0.3 is 10.1 Å². The van der Waals surface area contributed by atoms with Crippen molar-refractivity contribution in [1.29, 1.82) is 0 Å². The van der Waals surface area contributed by atoms with Crippen molar-refractivity contribution in [3.05, 3.63) is 59.8 Å². The first-order valence-corrected chi connectivity index (χ1v) is 7.79. The molecule has 0 bridgehead atoms. The molecule has 122 valence electrons. The molecule has 0 spiro atoms. The number of aromatic nitrogens is 2. The van der Waals surface area contributed by atoms with Gasteiger partial charge in [-0.1, -0.05) is 17.7 Å².